The molecule has 1 saturated heterocycles. The average Bonchev–Trinajstić information content (AvgIpc) is 3.09. The van der Waals surface area contributed by atoms with Gasteiger partial charge in [-0.15, -0.1) is 0 Å². The third kappa shape index (κ3) is 3.86. The fourth-order valence-corrected chi connectivity index (χ4v) is 5.60. The lowest BCUT2D eigenvalue weighted by Gasteiger charge is -2.44. The van der Waals surface area contributed by atoms with Gasteiger partial charge in [-0.25, -0.2) is 4.79 Å². The van der Waals surface area contributed by atoms with Crippen LogP contribution < -0.4 is 0 Å². The van der Waals surface area contributed by atoms with E-state index < -0.39 is 22.6 Å². The van der Waals surface area contributed by atoms with Gasteiger partial charge in [0.2, 0.25) is 0 Å². The first-order chi connectivity index (χ1) is 13.9. The summed E-state index contributed by atoms with van der Waals surface area (Å²) in [4.78, 5) is 26.6. The highest BCUT2D eigenvalue weighted by atomic mass is 35.5. The molecule has 0 N–H and O–H groups in total. The smallest absolute Gasteiger partial charge is 0.410 e. The SMILES string of the molecule is CC(C)c1cc(C(C)C)c([C@@H](C)OC(=O)N2CC[C@H]3C(=O)C(Cl)(Cl)[C@H]32)c(C(C)C)c1. The largest absolute Gasteiger partial charge is 0.441 e. The first kappa shape index (κ1) is 23.4. The molecule has 1 amide bonds. The van der Waals surface area contributed by atoms with Crippen molar-refractivity contribution < 1.29 is 14.3 Å². The summed E-state index contributed by atoms with van der Waals surface area (Å²) >= 11 is 12.4. The standard InChI is InChI=1S/C24H33Cl2NO3/c1-12(2)16-10-18(13(3)4)20(19(11-16)14(5)6)15(7)30-23(29)27-9-8-17-21(27)24(25,26)22(17)28/h10-15,17,21H,8-9H2,1-7H3/t15-,17-,21+/m1/s1. The number of fused-ring (bicyclic) bond motifs is 1. The van der Waals surface area contributed by atoms with Crippen LogP contribution in [0.3, 0.4) is 0 Å². The fraction of sp³-hybridized carbons (Fsp3) is 0.667. The Kier molecular flexibility index (Phi) is 6.51. The number of ether oxygens (including phenoxy) is 1. The molecule has 2 fully saturated rings. The first-order valence-electron chi connectivity index (χ1n) is 10.9. The second kappa shape index (κ2) is 8.35. The molecular formula is C24H33Cl2NO3. The topological polar surface area (TPSA) is 46.6 Å². The molecule has 2 aliphatic rings. The van der Waals surface area contributed by atoms with E-state index >= 15 is 0 Å². The zero-order chi connectivity index (χ0) is 22.5. The molecule has 4 nitrogen and oxygen atoms in total. The fourth-order valence-electron chi connectivity index (χ4n) is 4.78. The number of halogens is 2. The Labute approximate surface area is 190 Å². The number of likely N-dealkylation sites (tertiary alicyclic amines) is 1. The maximum atomic E-state index is 13.0. The van der Waals surface area contributed by atoms with E-state index in [1.807, 2.05) is 6.92 Å². The highest BCUT2D eigenvalue weighted by Gasteiger charge is 2.66. The van der Waals surface area contributed by atoms with Crippen LogP contribution in [0.4, 0.5) is 4.79 Å². The minimum atomic E-state index is -1.52. The Balaban J connectivity index is 1.90. The number of alkyl halides is 2. The number of carbonyl (C=O) groups is 2. The molecule has 6 heteroatoms. The second-order valence-corrected chi connectivity index (χ2v) is 11.0. The van der Waals surface area contributed by atoms with Gasteiger partial charge in [-0.1, -0.05) is 76.9 Å². The van der Waals surface area contributed by atoms with Crippen LogP contribution in [0.2, 0.25) is 0 Å². The van der Waals surface area contributed by atoms with Crippen LogP contribution in [0, 0.1) is 5.92 Å². The molecule has 0 unspecified atom stereocenters. The van der Waals surface area contributed by atoms with E-state index in [-0.39, 0.29) is 11.7 Å². The van der Waals surface area contributed by atoms with E-state index in [1.54, 1.807) is 0 Å². The van der Waals surface area contributed by atoms with Crippen LogP contribution in [-0.2, 0) is 9.53 Å². The number of Topliss-reactive ketones (excluding diaryl/α,β-unsaturated/α-hetero) is 1. The Hall–Kier alpha value is -1.26. The number of nitrogens with zero attached hydrogens (tertiary/aromatic N) is 1. The maximum absolute atomic E-state index is 13.0. The van der Waals surface area contributed by atoms with Crippen LogP contribution in [0.1, 0.15) is 101 Å². The molecule has 1 aromatic rings. The molecule has 1 saturated carbocycles. The normalized spacial score (nSPS) is 23.7. The molecular weight excluding hydrogens is 421 g/mol. The molecule has 0 radical (unpaired) electrons. The maximum Gasteiger partial charge on any atom is 0.410 e. The van der Waals surface area contributed by atoms with Crippen LogP contribution in [-0.4, -0.2) is 33.7 Å². The Morgan fingerprint density at radius 1 is 1.03 bits per heavy atom. The predicted molar refractivity (Wildman–Crippen MR) is 122 cm³/mol. The number of rotatable bonds is 5. The molecule has 3 atom stereocenters. The summed E-state index contributed by atoms with van der Waals surface area (Å²) < 4.78 is 4.42. The number of ketones is 1. The summed E-state index contributed by atoms with van der Waals surface area (Å²) in [6, 6.07) is 4.00. The van der Waals surface area contributed by atoms with Crippen molar-refractivity contribution in [1.82, 2.24) is 4.90 Å². The van der Waals surface area contributed by atoms with Crippen molar-refractivity contribution in [3.63, 3.8) is 0 Å². The number of carbonyl (C=O) groups excluding carboxylic acids is 2. The molecule has 1 heterocycles. The van der Waals surface area contributed by atoms with E-state index in [4.69, 9.17) is 27.9 Å². The molecule has 3 rings (SSSR count). The minimum Gasteiger partial charge on any atom is -0.441 e. The second-order valence-electron chi connectivity index (χ2n) is 9.62. The third-order valence-electron chi connectivity index (χ3n) is 6.53. The summed E-state index contributed by atoms with van der Waals surface area (Å²) in [5.74, 6) is 0.565. The van der Waals surface area contributed by atoms with Gasteiger partial charge in [-0.3, -0.25) is 4.79 Å². The van der Waals surface area contributed by atoms with Crippen molar-refractivity contribution in [2.24, 2.45) is 5.92 Å². The third-order valence-corrected chi connectivity index (χ3v) is 7.35. The molecule has 1 aliphatic carbocycles. The lowest BCUT2D eigenvalue weighted by atomic mass is 9.77. The zero-order valence-corrected chi connectivity index (χ0v) is 20.5. The number of benzene rings is 1. The molecule has 0 bridgehead atoms. The molecule has 0 aromatic heterocycles. The van der Waals surface area contributed by atoms with E-state index in [1.165, 1.54) is 21.6 Å². The Morgan fingerprint density at radius 3 is 2.03 bits per heavy atom. The summed E-state index contributed by atoms with van der Waals surface area (Å²) in [6.45, 7) is 15.4. The van der Waals surface area contributed by atoms with E-state index in [9.17, 15) is 9.59 Å². The lowest BCUT2D eigenvalue weighted by molar-refractivity contribution is -0.133. The number of hydrogen-bond acceptors (Lipinski definition) is 3. The van der Waals surface area contributed by atoms with Gasteiger partial charge in [0.1, 0.15) is 6.10 Å². The van der Waals surface area contributed by atoms with E-state index in [0.29, 0.717) is 30.7 Å². The van der Waals surface area contributed by atoms with Gasteiger partial charge in [0.25, 0.3) is 0 Å². The van der Waals surface area contributed by atoms with E-state index in [0.717, 1.165) is 5.56 Å². The highest BCUT2D eigenvalue weighted by Crippen LogP contribution is 2.51. The molecule has 1 aliphatic heterocycles. The zero-order valence-electron chi connectivity index (χ0n) is 19.0. The average molecular weight is 454 g/mol. The monoisotopic (exact) mass is 453 g/mol. The quantitative estimate of drug-likeness (QED) is 0.465. The van der Waals surface area contributed by atoms with Crippen LogP contribution >= 0.6 is 23.2 Å². The van der Waals surface area contributed by atoms with Gasteiger partial charge >= 0.3 is 6.09 Å². The van der Waals surface area contributed by atoms with Crippen molar-refractivity contribution in [3.05, 3.63) is 34.4 Å². The van der Waals surface area contributed by atoms with Crippen molar-refractivity contribution in [1.29, 1.82) is 0 Å². The lowest BCUT2D eigenvalue weighted by Crippen LogP contribution is -2.64. The van der Waals surface area contributed by atoms with Gasteiger partial charge in [0.05, 0.1) is 6.04 Å². The Morgan fingerprint density at radius 2 is 1.57 bits per heavy atom. The molecule has 30 heavy (non-hydrogen) atoms. The van der Waals surface area contributed by atoms with Gasteiger partial charge < -0.3 is 9.64 Å². The Bertz CT molecular complexity index is 818. The van der Waals surface area contributed by atoms with Crippen molar-refractivity contribution >= 4 is 35.1 Å². The molecule has 1 aromatic carbocycles. The molecule has 0 spiro atoms. The molecule has 166 valence electrons. The summed E-state index contributed by atoms with van der Waals surface area (Å²) in [7, 11) is 0. The minimum absolute atomic E-state index is 0.187. The van der Waals surface area contributed by atoms with Crippen LogP contribution in [0.5, 0.6) is 0 Å². The van der Waals surface area contributed by atoms with Crippen LogP contribution in [0.15, 0.2) is 12.1 Å². The van der Waals surface area contributed by atoms with Crippen molar-refractivity contribution in [2.75, 3.05) is 6.54 Å². The summed E-state index contributed by atoms with van der Waals surface area (Å²) in [5.41, 5.74) is 4.81. The van der Waals surface area contributed by atoms with Gasteiger partial charge in [-0.05, 0) is 53.4 Å². The summed E-state index contributed by atoms with van der Waals surface area (Å²) in [6.07, 6.45) is -0.278. The summed E-state index contributed by atoms with van der Waals surface area (Å²) in [5, 5.41) is 0. The predicted octanol–water partition coefficient (Wildman–Crippen LogP) is 6.70. The van der Waals surface area contributed by atoms with Gasteiger partial charge in [0, 0.05) is 12.5 Å². The highest BCUT2D eigenvalue weighted by molar-refractivity contribution is 6.61. The van der Waals surface area contributed by atoms with Gasteiger partial charge in [-0.2, -0.15) is 0 Å². The van der Waals surface area contributed by atoms with Crippen LogP contribution in [0.25, 0.3) is 0 Å². The van der Waals surface area contributed by atoms with Crippen molar-refractivity contribution in [2.45, 2.75) is 89.1 Å². The number of amides is 1. The van der Waals surface area contributed by atoms with Gasteiger partial charge in [0.15, 0.2) is 10.1 Å². The number of hydrogen-bond donors (Lipinski definition) is 0. The van der Waals surface area contributed by atoms with Crippen molar-refractivity contribution in [3.8, 4) is 0 Å². The first-order valence-corrected chi connectivity index (χ1v) is 11.7. The van der Waals surface area contributed by atoms with E-state index in [2.05, 4.69) is 53.7 Å².